The summed E-state index contributed by atoms with van der Waals surface area (Å²) in [4.78, 5) is 16.5. The van der Waals surface area contributed by atoms with Crippen LogP contribution in [-0.2, 0) is 0 Å². The summed E-state index contributed by atoms with van der Waals surface area (Å²) in [5.41, 5.74) is 3.49. The summed E-state index contributed by atoms with van der Waals surface area (Å²) in [6.45, 7) is 0. The summed E-state index contributed by atoms with van der Waals surface area (Å²) >= 11 is 0. The summed E-state index contributed by atoms with van der Waals surface area (Å²) in [6, 6.07) is 20.0. The highest BCUT2D eigenvalue weighted by molar-refractivity contribution is 6.02. The number of anilines is 1. The molecule has 0 atom stereocenters. The van der Waals surface area contributed by atoms with Gasteiger partial charge in [-0.3, -0.25) is 9.78 Å². The second kappa shape index (κ2) is 7.01. The molecule has 0 spiro atoms. The Morgan fingerprint density at radius 3 is 2.72 bits per heavy atom. The molecule has 0 radical (unpaired) electrons. The Bertz CT molecular complexity index is 1300. The average molecular weight is 382 g/mol. The van der Waals surface area contributed by atoms with Crippen LogP contribution in [0.15, 0.2) is 83.6 Å². The van der Waals surface area contributed by atoms with E-state index in [2.05, 4.69) is 25.6 Å². The normalized spacial score (nSPS) is 10.9. The number of aromatic nitrogens is 5. The second-order valence-corrected chi connectivity index (χ2v) is 6.24. The maximum absolute atomic E-state index is 12.2. The number of amides is 1. The standard InChI is InChI=1S/C21H14N6O2/c28-21(18-8-4-12-29-18)23-15-6-3-5-14(13-15)16-9-10-19-24-25-20(27(19)26-16)17-7-1-2-11-22-17/h1-13H,(H,23,28). The fourth-order valence-electron chi connectivity index (χ4n) is 2.95. The van der Waals surface area contributed by atoms with Crippen LogP contribution < -0.4 is 5.32 Å². The maximum atomic E-state index is 12.2. The number of nitrogens with zero attached hydrogens (tertiary/aromatic N) is 5. The summed E-state index contributed by atoms with van der Waals surface area (Å²) in [5, 5.41) is 15.9. The molecule has 29 heavy (non-hydrogen) atoms. The van der Waals surface area contributed by atoms with Crippen molar-refractivity contribution < 1.29 is 9.21 Å². The molecule has 140 valence electrons. The molecule has 0 bridgehead atoms. The van der Waals surface area contributed by atoms with Crippen molar-refractivity contribution in [1.29, 1.82) is 0 Å². The fourth-order valence-corrected chi connectivity index (χ4v) is 2.95. The Morgan fingerprint density at radius 1 is 0.931 bits per heavy atom. The third-order valence-electron chi connectivity index (χ3n) is 4.32. The minimum atomic E-state index is -0.313. The van der Waals surface area contributed by atoms with Crippen molar-refractivity contribution in [3.63, 3.8) is 0 Å². The molecule has 4 heterocycles. The Kier molecular flexibility index (Phi) is 4.06. The van der Waals surface area contributed by atoms with Crippen LogP contribution in [0.1, 0.15) is 10.6 Å². The number of pyridine rings is 1. The first-order chi connectivity index (χ1) is 14.3. The predicted molar refractivity (Wildman–Crippen MR) is 106 cm³/mol. The van der Waals surface area contributed by atoms with E-state index in [4.69, 9.17) is 4.42 Å². The number of furan rings is 1. The summed E-state index contributed by atoms with van der Waals surface area (Å²) in [6.07, 6.45) is 3.16. The van der Waals surface area contributed by atoms with Gasteiger partial charge in [-0.05, 0) is 48.5 Å². The monoisotopic (exact) mass is 382 g/mol. The zero-order chi connectivity index (χ0) is 19.6. The molecule has 0 aliphatic heterocycles. The highest BCUT2D eigenvalue weighted by atomic mass is 16.3. The van der Waals surface area contributed by atoms with Crippen molar-refractivity contribution in [1.82, 2.24) is 24.8 Å². The molecule has 0 saturated heterocycles. The minimum absolute atomic E-state index is 0.249. The van der Waals surface area contributed by atoms with Gasteiger partial charge >= 0.3 is 0 Å². The average Bonchev–Trinajstić information content (AvgIpc) is 3.44. The van der Waals surface area contributed by atoms with Gasteiger partial charge in [-0.1, -0.05) is 18.2 Å². The Hall–Kier alpha value is -4.33. The first kappa shape index (κ1) is 16.8. The highest BCUT2D eigenvalue weighted by Gasteiger charge is 2.13. The number of nitrogens with one attached hydrogen (secondary N) is 1. The number of carbonyl (C=O) groups excluding carboxylic acids is 1. The van der Waals surface area contributed by atoms with E-state index in [1.54, 1.807) is 28.9 Å². The zero-order valence-corrected chi connectivity index (χ0v) is 15.1. The van der Waals surface area contributed by atoms with Crippen LogP contribution in [0.5, 0.6) is 0 Å². The number of hydrogen-bond donors (Lipinski definition) is 1. The van der Waals surface area contributed by atoms with E-state index in [-0.39, 0.29) is 11.7 Å². The van der Waals surface area contributed by atoms with E-state index < -0.39 is 0 Å². The second-order valence-electron chi connectivity index (χ2n) is 6.24. The van der Waals surface area contributed by atoms with Crippen molar-refractivity contribution in [2.75, 3.05) is 5.32 Å². The third kappa shape index (κ3) is 3.23. The zero-order valence-electron chi connectivity index (χ0n) is 15.1. The number of fused-ring (bicyclic) bond motifs is 1. The van der Waals surface area contributed by atoms with E-state index in [1.807, 2.05) is 48.5 Å². The van der Waals surface area contributed by atoms with Crippen LogP contribution in [0, 0.1) is 0 Å². The van der Waals surface area contributed by atoms with Gasteiger partial charge in [0, 0.05) is 17.4 Å². The van der Waals surface area contributed by atoms with Crippen LogP contribution in [0.25, 0.3) is 28.4 Å². The number of carbonyl (C=O) groups is 1. The lowest BCUT2D eigenvalue weighted by molar-refractivity contribution is 0.0996. The number of hydrogen-bond acceptors (Lipinski definition) is 6. The van der Waals surface area contributed by atoms with Gasteiger partial charge in [-0.2, -0.15) is 9.61 Å². The lowest BCUT2D eigenvalue weighted by atomic mass is 10.1. The third-order valence-corrected chi connectivity index (χ3v) is 4.32. The highest BCUT2D eigenvalue weighted by Crippen LogP contribution is 2.23. The SMILES string of the molecule is O=C(Nc1cccc(-c2ccc3nnc(-c4ccccn4)n3n2)c1)c1ccco1. The van der Waals surface area contributed by atoms with Crippen molar-refractivity contribution in [2.24, 2.45) is 0 Å². The Labute approximate surface area is 164 Å². The molecular formula is C21H14N6O2. The van der Waals surface area contributed by atoms with Gasteiger partial charge in [0.2, 0.25) is 5.82 Å². The van der Waals surface area contributed by atoms with E-state index in [9.17, 15) is 4.79 Å². The first-order valence-corrected chi connectivity index (χ1v) is 8.87. The van der Waals surface area contributed by atoms with Crippen molar-refractivity contribution >= 4 is 17.2 Å². The van der Waals surface area contributed by atoms with Crippen LogP contribution in [-0.4, -0.2) is 30.7 Å². The van der Waals surface area contributed by atoms with E-state index in [1.165, 1.54) is 6.26 Å². The molecule has 0 unspecified atom stereocenters. The van der Waals surface area contributed by atoms with Crippen molar-refractivity contribution in [2.45, 2.75) is 0 Å². The van der Waals surface area contributed by atoms with Crippen molar-refractivity contribution in [3.05, 3.63) is 85.0 Å². The quantitative estimate of drug-likeness (QED) is 0.509. The molecule has 8 heteroatoms. The van der Waals surface area contributed by atoms with Crippen LogP contribution in [0.4, 0.5) is 5.69 Å². The topological polar surface area (TPSA) is 98.2 Å². The van der Waals surface area contributed by atoms with Gasteiger partial charge in [0.25, 0.3) is 5.91 Å². The molecule has 5 rings (SSSR count). The number of benzene rings is 1. The molecule has 4 aromatic heterocycles. The molecule has 0 aliphatic carbocycles. The smallest absolute Gasteiger partial charge is 0.291 e. The van der Waals surface area contributed by atoms with Crippen LogP contribution >= 0.6 is 0 Å². The van der Waals surface area contributed by atoms with Gasteiger partial charge in [0.1, 0.15) is 5.69 Å². The van der Waals surface area contributed by atoms with E-state index >= 15 is 0 Å². The van der Waals surface area contributed by atoms with Crippen LogP contribution in [0.2, 0.25) is 0 Å². The molecule has 0 fully saturated rings. The van der Waals surface area contributed by atoms with Gasteiger partial charge < -0.3 is 9.73 Å². The van der Waals surface area contributed by atoms with Gasteiger partial charge in [0.15, 0.2) is 11.4 Å². The van der Waals surface area contributed by atoms with Gasteiger partial charge in [-0.15, -0.1) is 10.2 Å². The van der Waals surface area contributed by atoms with Gasteiger partial charge in [-0.25, -0.2) is 0 Å². The predicted octanol–water partition coefficient (Wildman–Crippen LogP) is 3.70. The molecule has 0 aliphatic rings. The minimum Gasteiger partial charge on any atom is -0.459 e. The summed E-state index contributed by atoms with van der Waals surface area (Å²) in [5.74, 6) is 0.496. The molecular weight excluding hydrogens is 368 g/mol. The Balaban J connectivity index is 1.50. The summed E-state index contributed by atoms with van der Waals surface area (Å²) < 4.78 is 6.79. The maximum Gasteiger partial charge on any atom is 0.291 e. The van der Waals surface area contributed by atoms with E-state index in [0.717, 1.165) is 5.56 Å². The molecule has 1 amide bonds. The fraction of sp³-hybridized carbons (Fsp3) is 0. The molecule has 5 aromatic rings. The summed E-state index contributed by atoms with van der Waals surface area (Å²) in [7, 11) is 0. The molecule has 1 N–H and O–H groups in total. The lowest BCUT2D eigenvalue weighted by Gasteiger charge is -2.07. The molecule has 0 saturated carbocycles. The lowest BCUT2D eigenvalue weighted by Crippen LogP contribution is -2.10. The number of rotatable bonds is 4. The largest absolute Gasteiger partial charge is 0.459 e. The van der Waals surface area contributed by atoms with Gasteiger partial charge in [0.05, 0.1) is 12.0 Å². The Morgan fingerprint density at radius 2 is 1.90 bits per heavy atom. The van der Waals surface area contributed by atoms with Crippen molar-refractivity contribution in [3.8, 4) is 22.8 Å². The van der Waals surface area contributed by atoms with E-state index in [0.29, 0.717) is 28.5 Å². The first-order valence-electron chi connectivity index (χ1n) is 8.87. The molecule has 8 nitrogen and oxygen atoms in total. The molecule has 1 aromatic carbocycles. The van der Waals surface area contributed by atoms with Crippen LogP contribution in [0.3, 0.4) is 0 Å².